The number of nitrogens with two attached hydrogens (primary N) is 1. The summed E-state index contributed by atoms with van der Waals surface area (Å²) in [7, 11) is 2.20. The van der Waals surface area contributed by atoms with Crippen LogP contribution >= 0.6 is 11.3 Å². The summed E-state index contributed by atoms with van der Waals surface area (Å²) >= 11 is 1.50. The molecule has 124 valence electrons. The van der Waals surface area contributed by atoms with E-state index in [0.717, 1.165) is 30.9 Å². The van der Waals surface area contributed by atoms with E-state index < -0.39 is 0 Å². The van der Waals surface area contributed by atoms with Gasteiger partial charge in [-0.05, 0) is 45.1 Å². The molecule has 1 atom stereocenters. The number of aryl methyl sites for hydroxylation is 1. The zero-order valence-electron chi connectivity index (χ0n) is 13.7. The summed E-state index contributed by atoms with van der Waals surface area (Å²) < 4.78 is 2.38. The molecule has 0 unspecified atom stereocenters. The van der Waals surface area contributed by atoms with Crippen LogP contribution in [-0.2, 0) is 26.3 Å². The molecule has 0 radical (unpaired) electrons. The second kappa shape index (κ2) is 6.20. The first kappa shape index (κ1) is 15.1. The molecule has 1 fully saturated rings. The SMILES string of the molecule is Cn1c([C@H]2CCCN2CCc2nnc(N)s2)nc2c1CCCC2. The Hall–Kier alpha value is -1.47. The Balaban J connectivity index is 1.50. The summed E-state index contributed by atoms with van der Waals surface area (Å²) in [5.41, 5.74) is 8.49. The lowest BCUT2D eigenvalue weighted by Gasteiger charge is -2.23. The number of imidazole rings is 1. The first-order valence-electron chi connectivity index (χ1n) is 8.58. The van der Waals surface area contributed by atoms with Gasteiger partial charge in [0.05, 0.1) is 11.7 Å². The van der Waals surface area contributed by atoms with Crippen molar-refractivity contribution in [1.29, 1.82) is 0 Å². The van der Waals surface area contributed by atoms with Crippen molar-refractivity contribution in [3.05, 3.63) is 22.2 Å². The third-order valence-electron chi connectivity index (χ3n) is 5.17. The highest BCUT2D eigenvalue weighted by Gasteiger charge is 2.31. The quantitative estimate of drug-likeness (QED) is 0.928. The van der Waals surface area contributed by atoms with Crippen molar-refractivity contribution in [2.75, 3.05) is 18.8 Å². The topological polar surface area (TPSA) is 72.9 Å². The third kappa shape index (κ3) is 2.87. The molecule has 2 aromatic rings. The highest BCUT2D eigenvalue weighted by Crippen LogP contribution is 2.33. The van der Waals surface area contributed by atoms with E-state index in [1.807, 2.05) is 0 Å². The smallest absolute Gasteiger partial charge is 0.203 e. The molecule has 23 heavy (non-hydrogen) atoms. The van der Waals surface area contributed by atoms with Crippen molar-refractivity contribution in [3.63, 3.8) is 0 Å². The van der Waals surface area contributed by atoms with Crippen LogP contribution in [0.4, 0.5) is 5.13 Å². The van der Waals surface area contributed by atoms with Gasteiger partial charge >= 0.3 is 0 Å². The standard InChI is InChI=1S/C16H24N6S/c1-21-12-6-3-2-5-11(12)18-15(21)13-7-4-9-22(13)10-8-14-19-20-16(17)23-14/h13H,2-10H2,1H3,(H2,17,20)/t13-/m1/s1. The van der Waals surface area contributed by atoms with E-state index in [0.29, 0.717) is 11.2 Å². The molecule has 0 spiro atoms. The van der Waals surface area contributed by atoms with Gasteiger partial charge in [0.2, 0.25) is 5.13 Å². The number of rotatable bonds is 4. The van der Waals surface area contributed by atoms with Crippen molar-refractivity contribution < 1.29 is 0 Å². The maximum Gasteiger partial charge on any atom is 0.203 e. The van der Waals surface area contributed by atoms with E-state index in [9.17, 15) is 0 Å². The average Bonchev–Trinajstić information content (AvgIpc) is 3.25. The van der Waals surface area contributed by atoms with Crippen molar-refractivity contribution >= 4 is 16.5 Å². The lowest BCUT2D eigenvalue weighted by molar-refractivity contribution is 0.247. The van der Waals surface area contributed by atoms with E-state index in [1.54, 1.807) is 0 Å². The van der Waals surface area contributed by atoms with Crippen LogP contribution < -0.4 is 5.73 Å². The molecule has 6 nitrogen and oxygen atoms in total. The van der Waals surface area contributed by atoms with Gasteiger partial charge in [-0.3, -0.25) is 4.90 Å². The second-order valence-electron chi connectivity index (χ2n) is 6.61. The average molecular weight is 332 g/mol. The van der Waals surface area contributed by atoms with Crippen LogP contribution in [0.3, 0.4) is 0 Å². The Morgan fingerprint density at radius 1 is 1.22 bits per heavy atom. The van der Waals surface area contributed by atoms with E-state index in [-0.39, 0.29) is 0 Å². The van der Waals surface area contributed by atoms with Crippen LogP contribution in [0, 0.1) is 0 Å². The molecular formula is C16H24N6S. The Morgan fingerprint density at radius 2 is 2.09 bits per heavy atom. The van der Waals surface area contributed by atoms with Gasteiger partial charge in [0.25, 0.3) is 0 Å². The van der Waals surface area contributed by atoms with Gasteiger partial charge in [-0.2, -0.15) is 0 Å². The maximum atomic E-state index is 5.67. The molecule has 2 aliphatic rings. The van der Waals surface area contributed by atoms with Gasteiger partial charge in [-0.25, -0.2) is 4.98 Å². The Labute approximate surface area is 140 Å². The predicted octanol–water partition coefficient (Wildman–Crippen LogP) is 2.11. The van der Waals surface area contributed by atoms with Crippen LogP contribution in [0.25, 0.3) is 0 Å². The normalized spacial score (nSPS) is 21.7. The number of fused-ring (bicyclic) bond motifs is 1. The minimum Gasteiger partial charge on any atom is -0.374 e. The first-order chi connectivity index (χ1) is 11.2. The minimum absolute atomic E-state index is 0.455. The largest absolute Gasteiger partial charge is 0.374 e. The molecule has 2 N–H and O–H groups in total. The summed E-state index contributed by atoms with van der Waals surface area (Å²) in [6.07, 6.45) is 8.32. The van der Waals surface area contributed by atoms with Gasteiger partial charge in [-0.1, -0.05) is 11.3 Å². The molecule has 3 heterocycles. The first-order valence-corrected chi connectivity index (χ1v) is 9.40. The summed E-state index contributed by atoms with van der Waals surface area (Å²) in [6, 6.07) is 0.455. The molecule has 0 saturated carbocycles. The summed E-state index contributed by atoms with van der Waals surface area (Å²) in [5.74, 6) is 1.27. The van der Waals surface area contributed by atoms with Crippen molar-refractivity contribution in [1.82, 2.24) is 24.6 Å². The fraction of sp³-hybridized carbons (Fsp3) is 0.688. The number of likely N-dealkylation sites (tertiary alicyclic amines) is 1. The molecule has 7 heteroatoms. The monoisotopic (exact) mass is 332 g/mol. The number of hydrogen-bond donors (Lipinski definition) is 1. The van der Waals surface area contributed by atoms with Crippen LogP contribution in [-0.4, -0.2) is 37.7 Å². The molecule has 1 aliphatic carbocycles. The molecular weight excluding hydrogens is 308 g/mol. The van der Waals surface area contributed by atoms with Crippen molar-refractivity contribution in [2.45, 2.75) is 51.0 Å². The molecule has 0 aromatic carbocycles. The predicted molar refractivity (Wildman–Crippen MR) is 91.4 cm³/mol. The molecule has 1 aliphatic heterocycles. The van der Waals surface area contributed by atoms with Gasteiger partial charge in [-0.15, -0.1) is 10.2 Å². The Kier molecular flexibility index (Phi) is 4.07. The number of nitrogen functional groups attached to an aromatic ring is 1. The van der Waals surface area contributed by atoms with Gasteiger partial charge in [0, 0.05) is 25.7 Å². The van der Waals surface area contributed by atoms with Gasteiger partial charge in [0.1, 0.15) is 10.8 Å². The molecule has 0 bridgehead atoms. The third-order valence-corrected chi connectivity index (χ3v) is 5.98. The zero-order chi connectivity index (χ0) is 15.8. The second-order valence-corrected chi connectivity index (χ2v) is 7.70. The van der Waals surface area contributed by atoms with E-state index in [4.69, 9.17) is 10.7 Å². The molecule has 4 rings (SSSR count). The Bertz CT molecular complexity index is 691. The van der Waals surface area contributed by atoms with Crippen LogP contribution in [0.1, 0.15) is 53.9 Å². The van der Waals surface area contributed by atoms with Crippen LogP contribution in [0.2, 0.25) is 0 Å². The lowest BCUT2D eigenvalue weighted by atomic mass is 10.0. The van der Waals surface area contributed by atoms with Crippen LogP contribution in [0.15, 0.2) is 0 Å². The fourth-order valence-corrected chi connectivity index (χ4v) is 4.60. The highest BCUT2D eigenvalue weighted by atomic mass is 32.1. The molecule has 2 aromatic heterocycles. The number of anilines is 1. The van der Waals surface area contributed by atoms with Crippen LogP contribution in [0.5, 0.6) is 0 Å². The Morgan fingerprint density at radius 3 is 2.87 bits per heavy atom. The number of hydrogen-bond acceptors (Lipinski definition) is 6. The van der Waals surface area contributed by atoms with Crippen molar-refractivity contribution in [2.24, 2.45) is 7.05 Å². The minimum atomic E-state index is 0.455. The lowest BCUT2D eigenvalue weighted by Crippen LogP contribution is -2.27. The van der Waals surface area contributed by atoms with Gasteiger partial charge < -0.3 is 10.3 Å². The molecule has 0 amide bonds. The zero-order valence-corrected chi connectivity index (χ0v) is 14.5. The van der Waals surface area contributed by atoms with E-state index >= 15 is 0 Å². The fourth-order valence-electron chi connectivity index (χ4n) is 4.00. The van der Waals surface area contributed by atoms with Gasteiger partial charge in [0.15, 0.2) is 0 Å². The number of nitrogens with zero attached hydrogens (tertiary/aromatic N) is 5. The summed E-state index contributed by atoms with van der Waals surface area (Å²) in [6.45, 7) is 2.16. The maximum absolute atomic E-state index is 5.67. The van der Waals surface area contributed by atoms with E-state index in [2.05, 4.69) is 26.7 Å². The summed E-state index contributed by atoms with van der Waals surface area (Å²) in [4.78, 5) is 7.58. The van der Waals surface area contributed by atoms with Crippen molar-refractivity contribution in [3.8, 4) is 0 Å². The number of aromatic nitrogens is 4. The van der Waals surface area contributed by atoms with E-state index in [1.165, 1.54) is 60.7 Å². The summed E-state index contributed by atoms with van der Waals surface area (Å²) in [5, 5.41) is 9.65. The highest BCUT2D eigenvalue weighted by molar-refractivity contribution is 7.15. The molecule has 1 saturated heterocycles.